The number of aryl methyl sites for hydroxylation is 1. The molecule has 0 saturated heterocycles. The molecular weight excluding hydrogens is 406 g/mol. The monoisotopic (exact) mass is 435 g/mol. The minimum atomic E-state index is -0.943. The molecule has 1 aliphatic carbocycles. The van der Waals surface area contributed by atoms with Crippen LogP contribution in [0.2, 0.25) is 0 Å². The third-order valence-corrected chi connectivity index (χ3v) is 7.83. The fourth-order valence-corrected chi connectivity index (χ4v) is 5.98. The lowest BCUT2D eigenvalue weighted by molar-refractivity contribution is -0.134. The van der Waals surface area contributed by atoms with Gasteiger partial charge in [-0.3, -0.25) is 9.59 Å². The van der Waals surface area contributed by atoms with E-state index in [2.05, 4.69) is 28.9 Å². The zero-order chi connectivity index (χ0) is 21.6. The summed E-state index contributed by atoms with van der Waals surface area (Å²) < 4.78 is 2.05. The van der Waals surface area contributed by atoms with Crippen molar-refractivity contribution in [2.24, 2.45) is 0 Å². The van der Waals surface area contributed by atoms with Crippen LogP contribution < -0.4 is 5.32 Å². The average molecular weight is 436 g/mol. The molecule has 1 atom stereocenters. The number of benzene rings is 1. The van der Waals surface area contributed by atoms with Crippen molar-refractivity contribution in [3.05, 3.63) is 58.6 Å². The van der Waals surface area contributed by atoms with Gasteiger partial charge < -0.3 is 14.8 Å². The standard InChI is InChI=1S/C25H29N3O2S/c1-17-7-6-8-18(13-17)15-28-22(29)21-14-19-11-12-31-23(19)27(21)16-25(28,2)24(30)26-20-9-4-3-5-10-20/h6-8,11-14,20H,3-5,9-10,15-16H2,1-2H3,(H,26,30)/t25-/m1/s1. The number of hydrogen-bond donors (Lipinski definition) is 1. The Labute approximate surface area is 187 Å². The number of aromatic nitrogens is 1. The highest BCUT2D eigenvalue weighted by Gasteiger charge is 2.48. The first-order valence-corrected chi connectivity index (χ1v) is 12.1. The first-order chi connectivity index (χ1) is 15.0. The molecular formula is C25H29N3O2S. The molecule has 162 valence electrons. The van der Waals surface area contributed by atoms with E-state index < -0.39 is 5.54 Å². The van der Waals surface area contributed by atoms with Crippen molar-refractivity contribution in [2.75, 3.05) is 0 Å². The molecule has 31 heavy (non-hydrogen) atoms. The van der Waals surface area contributed by atoms with E-state index in [0.29, 0.717) is 18.8 Å². The number of nitrogens with zero attached hydrogens (tertiary/aromatic N) is 2. The van der Waals surface area contributed by atoms with E-state index in [9.17, 15) is 9.59 Å². The highest BCUT2D eigenvalue weighted by atomic mass is 32.1. The second-order valence-electron chi connectivity index (χ2n) is 9.26. The fourth-order valence-electron chi connectivity index (χ4n) is 5.09. The molecule has 1 saturated carbocycles. The van der Waals surface area contributed by atoms with Gasteiger partial charge in [0.1, 0.15) is 16.1 Å². The van der Waals surface area contributed by atoms with Crippen molar-refractivity contribution >= 4 is 33.4 Å². The van der Waals surface area contributed by atoms with Crippen molar-refractivity contribution in [3.8, 4) is 0 Å². The molecule has 1 aromatic carbocycles. The minimum absolute atomic E-state index is 0.0375. The highest BCUT2D eigenvalue weighted by molar-refractivity contribution is 7.16. The van der Waals surface area contributed by atoms with Crippen LogP contribution in [-0.4, -0.2) is 32.9 Å². The Morgan fingerprint density at radius 1 is 1.19 bits per heavy atom. The van der Waals surface area contributed by atoms with Crippen LogP contribution in [-0.2, 0) is 17.9 Å². The summed E-state index contributed by atoms with van der Waals surface area (Å²) in [5, 5.41) is 6.41. The van der Waals surface area contributed by atoms with Gasteiger partial charge in [0.25, 0.3) is 5.91 Å². The smallest absolute Gasteiger partial charge is 0.271 e. The maximum absolute atomic E-state index is 13.7. The van der Waals surface area contributed by atoms with Gasteiger partial charge in [-0.05, 0) is 49.8 Å². The molecule has 3 heterocycles. The summed E-state index contributed by atoms with van der Waals surface area (Å²) in [4.78, 5) is 30.3. The van der Waals surface area contributed by atoms with Gasteiger partial charge in [-0.15, -0.1) is 11.3 Å². The molecule has 3 aromatic rings. The van der Waals surface area contributed by atoms with Gasteiger partial charge in [0.2, 0.25) is 5.91 Å². The number of carbonyl (C=O) groups is 2. The Morgan fingerprint density at radius 3 is 2.77 bits per heavy atom. The summed E-state index contributed by atoms with van der Waals surface area (Å²) in [6, 6.07) is 12.4. The minimum Gasteiger partial charge on any atom is -0.351 e. The van der Waals surface area contributed by atoms with Crippen LogP contribution in [0.1, 0.15) is 60.6 Å². The lowest BCUT2D eigenvalue weighted by Crippen LogP contribution is -2.64. The van der Waals surface area contributed by atoms with Crippen molar-refractivity contribution in [1.29, 1.82) is 0 Å². The first kappa shape index (κ1) is 20.3. The molecule has 1 fully saturated rings. The normalized spacial score (nSPS) is 22.0. The number of fused-ring (bicyclic) bond motifs is 3. The van der Waals surface area contributed by atoms with E-state index in [1.165, 1.54) is 6.42 Å². The summed E-state index contributed by atoms with van der Waals surface area (Å²) in [5.74, 6) is -0.109. The SMILES string of the molecule is Cc1cccc(CN2C(=O)c3cc4ccsc4n3C[C@]2(C)C(=O)NC2CCCCC2)c1. The van der Waals surface area contributed by atoms with Crippen molar-refractivity contribution < 1.29 is 9.59 Å². The Bertz CT molecular complexity index is 1140. The summed E-state index contributed by atoms with van der Waals surface area (Å²) in [5.41, 5.74) is 1.94. The Kier molecular flexibility index (Phi) is 5.13. The Balaban J connectivity index is 1.53. The van der Waals surface area contributed by atoms with E-state index in [1.54, 1.807) is 16.2 Å². The fraction of sp³-hybridized carbons (Fsp3) is 0.440. The summed E-state index contributed by atoms with van der Waals surface area (Å²) in [6.07, 6.45) is 5.61. The molecule has 2 aromatic heterocycles. The van der Waals surface area contributed by atoms with Gasteiger partial charge in [-0.1, -0.05) is 49.1 Å². The molecule has 0 unspecified atom stereocenters. The van der Waals surface area contributed by atoms with Crippen LogP contribution in [0, 0.1) is 6.92 Å². The van der Waals surface area contributed by atoms with Crippen LogP contribution in [0.4, 0.5) is 0 Å². The van der Waals surface area contributed by atoms with Crippen LogP contribution in [0.25, 0.3) is 10.2 Å². The lowest BCUT2D eigenvalue weighted by atomic mass is 9.91. The van der Waals surface area contributed by atoms with Crippen LogP contribution in [0.15, 0.2) is 41.8 Å². The number of hydrogen-bond acceptors (Lipinski definition) is 3. The summed E-state index contributed by atoms with van der Waals surface area (Å²) >= 11 is 1.63. The predicted molar refractivity (Wildman–Crippen MR) is 124 cm³/mol. The zero-order valence-corrected chi connectivity index (χ0v) is 19.0. The third-order valence-electron chi connectivity index (χ3n) is 6.88. The van der Waals surface area contributed by atoms with Crippen LogP contribution in [0.5, 0.6) is 0 Å². The molecule has 0 radical (unpaired) electrons. The summed E-state index contributed by atoms with van der Waals surface area (Å²) in [6.45, 7) is 4.88. The molecule has 6 heteroatoms. The van der Waals surface area contributed by atoms with E-state index in [-0.39, 0.29) is 17.9 Å². The summed E-state index contributed by atoms with van der Waals surface area (Å²) in [7, 11) is 0. The van der Waals surface area contributed by atoms with Gasteiger partial charge in [0.15, 0.2) is 0 Å². The average Bonchev–Trinajstić information content (AvgIpc) is 3.34. The zero-order valence-electron chi connectivity index (χ0n) is 18.2. The first-order valence-electron chi connectivity index (χ1n) is 11.2. The van der Waals surface area contributed by atoms with Gasteiger partial charge in [0, 0.05) is 18.0 Å². The van der Waals surface area contributed by atoms with E-state index in [0.717, 1.165) is 47.0 Å². The Hall–Kier alpha value is -2.60. The second kappa shape index (κ2) is 7.83. The quantitative estimate of drug-likeness (QED) is 0.635. The van der Waals surface area contributed by atoms with Gasteiger partial charge >= 0.3 is 0 Å². The van der Waals surface area contributed by atoms with Gasteiger partial charge in [0.05, 0.1) is 6.54 Å². The number of carbonyl (C=O) groups excluding carboxylic acids is 2. The third kappa shape index (κ3) is 3.57. The van der Waals surface area contributed by atoms with Crippen molar-refractivity contribution in [1.82, 2.24) is 14.8 Å². The lowest BCUT2D eigenvalue weighted by Gasteiger charge is -2.44. The second-order valence-corrected chi connectivity index (χ2v) is 10.2. The molecule has 1 N–H and O–H groups in total. The topological polar surface area (TPSA) is 54.3 Å². The number of nitrogens with one attached hydrogen (secondary N) is 1. The number of amides is 2. The predicted octanol–water partition coefficient (Wildman–Crippen LogP) is 4.87. The maximum Gasteiger partial charge on any atom is 0.271 e. The van der Waals surface area contributed by atoms with Crippen LogP contribution in [0.3, 0.4) is 0 Å². The van der Waals surface area contributed by atoms with Gasteiger partial charge in [-0.25, -0.2) is 0 Å². The van der Waals surface area contributed by atoms with Crippen LogP contribution >= 0.6 is 11.3 Å². The largest absolute Gasteiger partial charge is 0.351 e. The molecule has 5 nitrogen and oxygen atoms in total. The van der Waals surface area contributed by atoms with E-state index in [4.69, 9.17) is 0 Å². The molecule has 0 spiro atoms. The van der Waals surface area contributed by atoms with E-state index >= 15 is 0 Å². The molecule has 0 bridgehead atoms. The van der Waals surface area contributed by atoms with Crippen molar-refractivity contribution in [2.45, 2.75) is 70.6 Å². The maximum atomic E-state index is 13.7. The molecule has 2 aliphatic rings. The molecule has 1 aliphatic heterocycles. The molecule has 2 amide bonds. The Morgan fingerprint density at radius 2 is 2.00 bits per heavy atom. The highest BCUT2D eigenvalue weighted by Crippen LogP contribution is 2.35. The number of thiophene rings is 1. The van der Waals surface area contributed by atoms with E-state index in [1.807, 2.05) is 36.6 Å². The molecule has 5 rings (SSSR count). The van der Waals surface area contributed by atoms with Crippen molar-refractivity contribution in [3.63, 3.8) is 0 Å². The van der Waals surface area contributed by atoms with Gasteiger partial charge in [-0.2, -0.15) is 0 Å². The number of rotatable bonds is 4.